The number of carbonyl (C=O) groups is 1. The first-order valence-corrected chi connectivity index (χ1v) is 5.57. The van der Waals surface area contributed by atoms with Crippen molar-refractivity contribution in [1.82, 2.24) is 4.98 Å². The molecule has 0 saturated heterocycles. The molecule has 0 unspecified atom stereocenters. The Balaban J connectivity index is 3.22. The zero-order valence-electron chi connectivity index (χ0n) is 10.0. The molecule has 1 heterocycles. The summed E-state index contributed by atoms with van der Waals surface area (Å²) in [6.45, 7) is 8.50. The molecule has 1 aromatic heterocycles. The Bertz CT molecular complexity index is 396. The molecule has 0 fully saturated rings. The summed E-state index contributed by atoms with van der Waals surface area (Å²) in [6, 6.07) is 1.78. The molecule has 0 amide bonds. The average Bonchev–Trinajstić information content (AvgIpc) is 2.16. The Kier molecular flexibility index (Phi) is 3.92. The van der Waals surface area contributed by atoms with Gasteiger partial charge in [-0.05, 0) is 18.5 Å². The van der Waals surface area contributed by atoms with Gasteiger partial charge < -0.3 is 4.74 Å². The molecule has 0 aromatic carbocycles. The second-order valence-corrected chi connectivity index (χ2v) is 4.87. The number of rotatable bonds is 3. The van der Waals surface area contributed by atoms with E-state index in [1.54, 1.807) is 6.07 Å². The van der Waals surface area contributed by atoms with E-state index in [2.05, 4.69) is 4.98 Å². The Morgan fingerprint density at radius 1 is 1.50 bits per heavy atom. The molecule has 88 valence electrons. The van der Waals surface area contributed by atoms with Crippen LogP contribution < -0.4 is 4.74 Å². The summed E-state index contributed by atoms with van der Waals surface area (Å²) in [5.74, 6) is 0.502. The number of carbonyl (C=O) groups excluding carboxylic acids is 1. The van der Waals surface area contributed by atoms with E-state index >= 15 is 0 Å². The number of pyridine rings is 1. The fraction of sp³-hybridized carbons (Fsp3) is 0.500. The predicted octanol–water partition coefficient (Wildman–Crippen LogP) is 3.16. The van der Waals surface area contributed by atoms with Gasteiger partial charge in [0.15, 0.2) is 0 Å². The smallest absolute Gasteiger partial charge is 0.257 e. The third-order valence-electron chi connectivity index (χ3n) is 2.15. The molecule has 1 aromatic rings. The molecule has 0 aliphatic rings. The highest BCUT2D eigenvalue weighted by Crippen LogP contribution is 2.27. The summed E-state index contributed by atoms with van der Waals surface area (Å²) in [7, 11) is 0. The highest BCUT2D eigenvalue weighted by molar-refractivity contribution is 6.68. The van der Waals surface area contributed by atoms with Crippen LogP contribution in [0.4, 0.5) is 0 Å². The van der Waals surface area contributed by atoms with Crippen molar-refractivity contribution < 1.29 is 9.53 Å². The molecule has 0 atom stereocenters. The maximum atomic E-state index is 11.1. The molecule has 0 N–H and O–H groups in total. The van der Waals surface area contributed by atoms with Gasteiger partial charge >= 0.3 is 0 Å². The number of hydrogen-bond donors (Lipinski definition) is 0. The quantitative estimate of drug-likeness (QED) is 0.763. The number of hydrogen-bond acceptors (Lipinski definition) is 3. The zero-order chi connectivity index (χ0) is 12.3. The monoisotopic (exact) mass is 241 g/mol. The second kappa shape index (κ2) is 4.83. The van der Waals surface area contributed by atoms with Gasteiger partial charge in [-0.2, -0.15) is 0 Å². The van der Waals surface area contributed by atoms with Crippen molar-refractivity contribution in [2.24, 2.45) is 0 Å². The third-order valence-corrected chi connectivity index (χ3v) is 2.35. The highest BCUT2D eigenvalue weighted by atomic mass is 35.5. The number of aromatic nitrogens is 1. The second-order valence-electron chi connectivity index (χ2n) is 4.52. The van der Waals surface area contributed by atoms with Crippen LogP contribution in [0.1, 0.15) is 43.7 Å². The summed E-state index contributed by atoms with van der Waals surface area (Å²) >= 11 is 5.45. The molecule has 0 radical (unpaired) electrons. The summed E-state index contributed by atoms with van der Waals surface area (Å²) in [4.78, 5) is 15.4. The van der Waals surface area contributed by atoms with Crippen molar-refractivity contribution >= 4 is 16.8 Å². The Morgan fingerprint density at radius 2 is 2.12 bits per heavy atom. The van der Waals surface area contributed by atoms with Crippen LogP contribution >= 0.6 is 11.6 Å². The predicted molar refractivity (Wildman–Crippen MR) is 64.3 cm³/mol. The van der Waals surface area contributed by atoms with Crippen molar-refractivity contribution in [3.63, 3.8) is 0 Å². The Morgan fingerprint density at radius 3 is 2.56 bits per heavy atom. The largest absolute Gasteiger partial charge is 0.493 e. The summed E-state index contributed by atoms with van der Waals surface area (Å²) in [5.41, 5.74) is 1.11. The molecule has 0 saturated carbocycles. The number of nitrogens with zero attached hydrogens (tertiary/aromatic N) is 1. The first-order chi connectivity index (χ1) is 7.36. The van der Waals surface area contributed by atoms with Crippen molar-refractivity contribution in [1.29, 1.82) is 0 Å². The summed E-state index contributed by atoms with van der Waals surface area (Å²) in [6.07, 6.45) is 1.47. The standard InChI is InChI=1S/C12H16ClNO2/c1-5-16-9-6-10(12(2,3)4)14-7-8(9)11(13)15/h6-7H,5H2,1-4H3. The molecule has 0 aliphatic carbocycles. The minimum atomic E-state index is -0.545. The van der Waals surface area contributed by atoms with Crippen molar-refractivity contribution in [2.75, 3.05) is 6.61 Å². The van der Waals surface area contributed by atoms with Gasteiger partial charge in [0.05, 0.1) is 12.2 Å². The van der Waals surface area contributed by atoms with E-state index in [0.717, 1.165) is 5.69 Å². The fourth-order valence-corrected chi connectivity index (χ4v) is 1.41. The number of halogens is 1. The van der Waals surface area contributed by atoms with Gasteiger partial charge in [-0.25, -0.2) is 0 Å². The van der Waals surface area contributed by atoms with Crippen molar-refractivity contribution in [3.05, 3.63) is 23.5 Å². The molecule has 3 nitrogen and oxygen atoms in total. The van der Waals surface area contributed by atoms with E-state index in [0.29, 0.717) is 17.9 Å². The lowest BCUT2D eigenvalue weighted by Gasteiger charge is -2.19. The van der Waals surface area contributed by atoms with E-state index in [-0.39, 0.29) is 5.41 Å². The first kappa shape index (κ1) is 13.0. The minimum absolute atomic E-state index is 0.0836. The van der Waals surface area contributed by atoms with E-state index < -0.39 is 5.24 Å². The van der Waals surface area contributed by atoms with Crippen LogP contribution in [0.3, 0.4) is 0 Å². The summed E-state index contributed by atoms with van der Waals surface area (Å²) in [5, 5.41) is -0.545. The summed E-state index contributed by atoms with van der Waals surface area (Å²) < 4.78 is 5.39. The van der Waals surface area contributed by atoms with Gasteiger partial charge in [-0.15, -0.1) is 0 Å². The van der Waals surface area contributed by atoms with E-state index in [1.807, 2.05) is 27.7 Å². The lowest BCUT2D eigenvalue weighted by atomic mass is 9.91. The Labute approximate surface area is 101 Å². The van der Waals surface area contributed by atoms with Crippen LogP contribution in [0, 0.1) is 0 Å². The van der Waals surface area contributed by atoms with E-state index in [4.69, 9.17) is 16.3 Å². The Hall–Kier alpha value is -1.09. The maximum absolute atomic E-state index is 11.1. The molecule has 0 spiro atoms. The van der Waals surface area contributed by atoms with E-state index in [9.17, 15) is 4.79 Å². The topological polar surface area (TPSA) is 39.2 Å². The van der Waals surface area contributed by atoms with Crippen LogP contribution in [-0.2, 0) is 5.41 Å². The molecule has 0 bridgehead atoms. The van der Waals surface area contributed by atoms with Gasteiger partial charge in [0.25, 0.3) is 5.24 Å². The van der Waals surface area contributed by atoms with E-state index in [1.165, 1.54) is 6.20 Å². The van der Waals surface area contributed by atoms with Gasteiger partial charge in [0.1, 0.15) is 5.75 Å². The van der Waals surface area contributed by atoms with Gasteiger partial charge in [-0.3, -0.25) is 9.78 Å². The molecule has 4 heteroatoms. The van der Waals surface area contributed by atoms with Crippen LogP contribution in [0.5, 0.6) is 5.75 Å². The normalized spacial score (nSPS) is 11.3. The zero-order valence-corrected chi connectivity index (χ0v) is 10.8. The first-order valence-electron chi connectivity index (χ1n) is 5.19. The molecule has 0 aliphatic heterocycles. The molecular formula is C12H16ClNO2. The maximum Gasteiger partial charge on any atom is 0.257 e. The number of ether oxygens (including phenoxy) is 1. The average molecular weight is 242 g/mol. The molecule has 16 heavy (non-hydrogen) atoms. The van der Waals surface area contributed by atoms with Crippen molar-refractivity contribution in [3.8, 4) is 5.75 Å². The van der Waals surface area contributed by atoms with Crippen molar-refractivity contribution in [2.45, 2.75) is 33.1 Å². The van der Waals surface area contributed by atoms with Crippen LogP contribution in [0.25, 0.3) is 0 Å². The lowest BCUT2D eigenvalue weighted by Crippen LogP contribution is -2.14. The highest BCUT2D eigenvalue weighted by Gasteiger charge is 2.19. The van der Waals surface area contributed by atoms with Gasteiger partial charge in [0, 0.05) is 23.4 Å². The lowest BCUT2D eigenvalue weighted by molar-refractivity contribution is 0.107. The fourth-order valence-electron chi connectivity index (χ4n) is 1.27. The van der Waals surface area contributed by atoms with Gasteiger partial charge in [-0.1, -0.05) is 20.8 Å². The van der Waals surface area contributed by atoms with Crippen LogP contribution in [0.2, 0.25) is 0 Å². The van der Waals surface area contributed by atoms with Gasteiger partial charge in [0.2, 0.25) is 0 Å². The minimum Gasteiger partial charge on any atom is -0.493 e. The third kappa shape index (κ3) is 2.95. The van der Waals surface area contributed by atoms with Crippen LogP contribution in [-0.4, -0.2) is 16.8 Å². The molecular weight excluding hydrogens is 226 g/mol. The SMILES string of the molecule is CCOc1cc(C(C)(C)C)ncc1C(=O)Cl. The van der Waals surface area contributed by atoms with Crippen LogP contribution in [0.15, 0.2) is 12.3 Å². The molecule has 1 rings (SSSR count).